The molecule has 0 spiro atoms. The van der Waals surface area contributed by atoms with Crippen LogP contribution in [0.25, 0.3) is 0 Å². The molecule has 1 aromatic heterocycles. The molecule has 2 rings (SSSR count). The third-order valence-corrected chi connectivity index (χ3v) is 2.74. The molecule has 1 amide bonds. The van der Waals surface area contributed by atoms with Crippen LogP contribution in [0.3, 0.4) is 0 Å². The zero-order chi connectivity index (χ0) is 12.3. The molecule has 2 heterocycles. The summed E-state index contributed by atoms with van der Waals surface area (Å²) < 4.78 is 0. The van der Waals surface area contributed by atoms with E-state index in [1.54, 1.807) is 0 Å². The molecule has 3 N–H and O–H groups in total. The van der Waals surface area contributed by atoms with E-state index in [-0.39, 0.29) is 17.5 Å². The summed E-state index contributed by atoms with van der Waals surface area (Å²) in [6, 6.07) is 1.59. The zero-order valence-electron chi connectivity index (χ0n) is 9.75. The van der Waals surface area contributed by atoms with Crippen LogP contribution in [0.5, 0.6) is 0 Å². The Hall–Kier alpha value is -1.85. The largest absolute Gasteiger partial charge is 0.365 e. The lowest BCUT2D eigenvalue weighted by Crippen LogP contribution is -2.42. The number of rotatable bonds is 3. The molecule has 1 unspecified atom stereocenters. The lowest BCUT2D eigenvalue weighted by Gasteiger charge is -2.23. The molecule has 92 valence electrons. The highest BCUT2D eigenvalue weighted by Crippen LogP contribution is 2.09. The lowest BCUT2D eigenvalue weighted by atomic mass is 10.1. The van der Waals surface area contributed by atoms with Gasteiger partial charge in [0.15, 0.2) is 0 Å². The summed E-state index contributed by atoms with van der Waals surface area (Å²) in [5.74, 6) is 1.32. The number of anilines is 1. The maximum absolute atomic E-state index is 11.4. The summed E-state index contributed by atoms with van der Waals surface area (Å²) in [5.41, 5.74) is -0.154. The van der Waals surface area contributed by atoms with Crippen LogP contribution in [0.2, 0.25) is 0 Å². The van der Waals surface area contributed by atoms with Crippen molar-refractivity contribution in [3.05, 3.63) is 22.2 Å². The maximum atomic E-state index is 11.4. The Morgan fingerprint density at radius 1 is 1.53 bits per heavy atom. The summed E-state index contributed by atoms with van der Waals surface area (Å²) in [6.45, 7) is 2.51. The van der Waals surface area contributed by atoms with Gasteiger partial charge < -0.3 is 15.6 Å². The molecule has 0 aliphatic carbocycles. The van der Waals surface area contributed by atoms with Gasteiger partial charge in [-0.25, -0.2) is 4.98 Å². The number of aryl methyl sites for hydroxylation is 1. The van der Waals surface area contributed by atoms with Crippen LogP contribution in [0, 0.1) is 0 Å². The van der Waals surface area contributed by atoms with Crippen LogP contribution >= 0.6 is 0 Å². The number of aromatic nitrogens is 2. The highest BCUT2D eigenvalue weighted by molar-refractivity contribution is 5.76. The van der Waals surface area contributed by atoms with Crippen LogP contribution in [-0.4, -0.2) is 28.5 Å². The van der Waals surface area contributed by atoms with E-state index in [0.29, 0.717) is 31.0 Å². The minimum atomic E-state index is -0.154. The Kier molecular flexibility index (Phi) is 3.41. The fourth-order valence-corrected chi connectivity index (χ4v) is 1.81. The fourth-order valence-electron chi connectivity index (χ4n) is 1.81. The first-order valence-corrected chi connectivity index (χ1v) is 5.81. The van der Waals surface area contributed by atoms with E-state index in [2.05, 4.69) is 20.6 Å². The number of piperidine rings is 1. The lowest BCUT2D eigenvalue weighted by molar-refractivity contribution is -0.122. The number of nitrogens with zero attached hydrogens (tertiary/aromatic N) is 1. The Morgan fingerprint density at radius 3 is 3.00 bits per heavy atom. The van der Waals surface area contributed by atoms with Crippen molar-refractivity contribution < 1.29 is 4.79 Å². The average Bonchev–Trinajstić information content (AvgIpc) is 2.31. The highest BCUT2D eigenvalue weighted by Gasteiger charge is 2.18. The SMILES string of the molecule is CCc1nc(NC2CCC(=O)NC2)cc(=O)[nH]1. The van der Waals surface area contributed by atoms with E-state index in [9.17, 15) is 9.59 Å². The summed E-state index contributed by atoms with van der Waals surface area (Å²) in [6.07, 6.45) is 1.97. The zero-order valence-corrected chi connectivity index (χ0v) is 9.75. The van der Waals surface area contributed by atoms with E-state index in [0.717, 1.165) is 6.42 Å². The van der Waals surface area contributed by atoms with Gasteiger partial charge in [0.1, 0.15) is 11.6 Å². The van der Waals surface area contributed by atoms with Crippen LogP contribution in [0.4, 0.5) is 5.82 Å². The standard InChI is InChI=1S/C11H16N4O2/c1-2-8-14-9(5-11(17)15-8)13-7-3-4-10(16)12-6-7/h5,7H,2-4,6H2,1H3,(H,12,16)(H2,13,14,15,17). The molecule has 1 aromatic rings. The topological polar surface area (TPSA) is 86.9 Å². The van der Waals surface area contributed by atoms with Gasteiger partial charge in [-0.3, -0.25) is 9.59 Å². The molecular weight excluding hydrogens is 220 g/mol. The highest BCUT2D eigenvalue weighted by atomic mass is 16.1. The molecule has 17 heavy (non-hydrogen) atoms. The van der Waals surface area contributed by atoms with Crippen molar-refractivity contribution in [3.63, 3.8) is 0 Å². The first kappa shape index (κ1) is 11.6. The minimum absolute atomic E-state index is 0.0798. The van der Waals surface area contributed by atoms with Gasteiger partial charge in [0.25, 0.3) is 5.56 Å². The van der Waals surface area contributed by atoms with Crippen LogP contribution in [-0.2, 0) is 11.2 Å². The van der Waals surface area contributed by atoms with Gasteiger partial charge in [-0.05, 0) is 6.42 Å². The number of aromatic amines is 1. The fraction of sp³-hybridized carbons (Fsp3) is 0.545. The smallest absolute Gasteiger partial charge is 0.252 e. The van der Waals surface area contributed by atoms with Gasteiger partial charge in [0, 0.05) is 31.5 Å². The molecule has 0 radical (unpaired) electrons. The van der Waals surface area contributed by atoms with E-state index in [4.69, 9.17) is 0 Å². The molecular formula is C11H16N4O2. The van der Waals surface area contributed by atoms with Crippen molar-refractivity contribution >= 4 is 11.7 Å². The molecule has 0 saturated carbocycles. The number of carbonyl (C=O) groups excluding carboxylic acids is 1. The van der Waals surface area contributed by atoms with Gasteiger partial charge in [-0.15, -0.1) is 0 Å². The van der Waals surface area contributed by atoms with Gasteiger partial charge in [-0.1, -0.05) is 6.92 Å². The van der Waals surface area contributed by atoms with Crippen molar-refractivity contribution in [2.75, 3.05) is 11.9 Å². The molecule has 1 aliphatic rings. The molecule has 1 atom stereocenters. The number of H-pyrrole nitrogens is 1. The molecule has 0 aromatic carbocycles. The number of carbonyl (C=O) groups is 1. The summed E-state index contributed by atoms with van der Waals surface area (Å²) in [5, 5.41) is 5.95. The Bertz CT molecular complexity index is 459. The van der Waals surface area contributed by atoms with Crippen molar-refractivity contribution in [2.45, 2.75) is 32.2 Å². The molecule has 6 nitrogen and oxygen atoms in total. The Morgan fingerprint density at radius 2 is 2.35 bits per heavy atom. The summed E-state index contributed by atoms with van der Waals surface area (Å²) in [4.78, 5) is 29.3. The third-order valence-electron chi connectivity index (χ3n) is 2.74. The van der Waals surface area contributed by atoms with E-state index in [1.165, 1.54) is 6.07 Å². The van der Waals surface area contributed by atoms with E-state index in [1.807, 2.05) is 6.92 Å². The number of hydrogen-bond donors (Lipinski definition) is 3. The predicted molar refractivity (Wildman–Crippen MR) is 63.9 cm³/mol. The van der Waals surface area contributed by atoms with Gasteiger partial charge in [0.05, 0.1) is 0 Å². The van der Waals surface area contributed by atoms with Crippen LogP contribution in [0.15, 0.2) is 10.9 Å². The Labute approximate surface area is 98.8 Å². The first-order valence-electron chi connectivity index (χ1n) is 5.81. The molecule has 1 saturated heterocycles. The number of hydrogen-bond acceptors (Lipinski definition) is 4. The molecule has 0 bridgehead atoms. The monoisotopic (exact) mass is 236 g/mol. The van der Waals surface area contributed by atoms with Crippen LogP contribution in [0.1, 0.15) is 25.6 Å². The van der Waals surface area contributed by atoms with Crippen LogP contribution < -0.4 is 16.2 Å². The van der Waals surface area contributed by atoms with Crippen molar-refractivity contribution in [3.8, 4) is 0 Å². The number of amides is 1. The summed E-state index contributed by atoms with van der Waals surface area (Å²) in [7, 11) is 0. The summed E-state index contributed by atoms with van der Waals surface area (Å²) >= 11 is 0. The second-order valence-electron chi connectivity index (χ2n) is 4.11. The van der Waals surface area contributed by atoms with Crippen molar-refractivity contribution in [1.29, 1.82) is 0 Å². The second kappa shape index (κ2) is 4.99. The van der Waals surface area contributed by atoms with E-state index >= 15 is 0 Å². The molecule has 6 heteroatoms. The molecule has 1 aliphatic heterocycles. The van der Waals surface area contributed by atoms with Crippen molar-refractivity contribution in [1.82, 2.24) is 15.3 Å². The number of nitrogens with one attached hydrogen (secondary N) is 3. The first-order chi connectivity index (χ1) is 8.17. The normalized spacial score (nSPS) is 19.8. The second-order valence-corrected chi connectivity index (χ2v) is 4.11. The average molecular weight is 236 g/mol. The van der Waals surface area contributed by atoms with Gasteiger partial charge in [-0.2, -0.15) is 0 Å². The predicted octanol–water partition coefficient (Wildman–Crippen LogP) is 0.0228. The third kappa shape index (κ3) is 3.05. The van der Waals surface area contributed by atoms with Gasteiger partial charge in [0.2, 0.25) is 5.91 Å². The minimum Gasteiger partial charge on any atom is -0.365 e. The van der Waals surface area contributed by atoms with Crippen molar-refractivity contribution in [2.24, 2.45) is 0 Å². The van der Waals surface area contributed by atoms with E-state index < -0.39 is 0 Å². The molecule has 1 fully saturated rings. The van der Waals surface area contributed by atoms with Gasteiger partial charge >= 0.3 is 0 Å². The quantitative estimate of drug-likeness (QED) is 0.690. The Balaban J connectivity index is 2.05. The maximum Gasteiger partial charge on any atom is 0.252 e.